The van der Waals surface area contributed by atoms with Gasteiger partial charge in [0.15, 0.2) is 17.2 Å². The maximum absolute atomic E-state index is 12.7. The molecule has 144 valence electrons. The summed E-state index contributed by atoms with van der Waals surface area (Å²) in [6, 6.07) is 4.76. The minimum atomic E-state index is -4.49. The third-order valence-electron chi connectivity index (χ3n) is 3.40. The van der Waals surface area contributed by atoms with Crippen molar-refractivity contribution in [2.75, 3.05) is 0 Å². The van der Waals surface area contributed by atoms with Crippen LogP contribution in [0, 0.1) is 0 Å². The van der Waals surface area contributed by atoms with Gasteiger partial charge in [0.05, 0.1) is 11.6 Å². The van der Waals surface area contributed by atoms with Crippen molar-refractivity contribution in [1.29, 1.82) is 0 Å². The van der Waals surface area contributed by atoms with E-state index in [9.17, 15) is 27.9 Å². The zero-order valence-electron chi connectivity index (χ0n) is 14.1. The van der Waals surface area contributed by atoms with Crippen LogP contribution in [-0.4, -0.2) is 27.9 Å². The Bertz CT molecular complexity index is 854. The van der Waals surface area contributed by atoms with E-state index in [4.69, 9.17) is 10.5 Å². The second-order valence-electron chi connectivity index (χ2n) is 5.60. The lowest BCUT2D eigenvalue weighted by Gasteiger charge is -2.12. The Kier molecular flexibility index (Phi) is 6.01. The van der Waals surface area contributed by atoms with Crippen LogP contribution in [0.25, 0.3) is 0 Å². The summed E-state index contributed by atoms with van der Waals surface area (Å²) in [6.45, 7) is 1.08. The van der Waals surface area contributed by atoms with Crippen LogP contribution in [0.4, 0.5) is 13.2 Å². The van der Waals surface area contributed by atoms with E-state index < -0.39 is 41.0 Å². The van der Waals surface area contributed by atoms with E-state index in [1.807, 2.05) is 5.32 Å². The average Bonchev–Trinajstić information content (AvgIpc) is 2.60. The third kappa shape index (κ3) is 5.17. The van der Waals surface area contributed by atoms with Gasteiger partial charge in [-0.3, -0.25) is 14.9 Å². The number of hydrogen-bond donors (Lipinski definition) is 3. The molecular weight excluding hydrogens is 367 g/mol. The summed E-state index contributed by atoms with van der Waals surface area (Å²) in [6.07, 6.45) is -3.35. The van der Waals surface area contributed by atoms with E-state index in [1.54, 1.807) is 0 Å². The maximum Gasteiger partial charge on any atom is 0.416 e. The number of pyridine rings is 1. The molecule has 1 aromatic carbocycles. The minimum absolute atomic E-state index is 0.180. The third-order valence-corrected chi connectivity index (χ3v) is 3.40. The molecular formula is C17H16F3N3O4. The van der Waals surface area contributed by atoms with Crippen molar-refractivity contribution in [3.8, 4) is 11.5 Å². The minimum Gasteiger partial charge on any atom is -0.503 e. The molecule has 4 N–H and O–H groups in total. The standard InChI is InChI=1S/C17H16F3N3O4/c1-9(21)15(25)23-16(26)13-14(24)12(5-6-22-13)27-8-10-3-2-4-11(7-10)17(18,19)20/h2-7,9,24H,8,21H2,1H3,(H,23,25,26)/t9-/m0/s1. The Balaban J connectivity index is 2.14. The molecule has 0 aliphatic carbocycles. The Hall–Kier alpha value is -3.14. The van der Waals surface area contributed by atoms with Gasteiger partial charge in [0, 0.05) is 12.3 Å². The molecule has 0 bridgehead atoms. The molecule has 2 aromatic rings. The lowest BCUT2D eigenvalue weighted by molar-refractivity contribution is -0.137. The van der Waals surface area contributed by atoms with Gasteiger partial charge < -0.3 is 15.6 Å². The molecule has 0 radical (unpaired) electrons. The first-order valence-electron chi connectivity index (χ1n) is 7.67. The molecule has 0 saturated heterocycles. The van der Waals surface area contributed by atoms with E-state index in [0.717, 1.165) is 18.3 Å². The highest BCUT2D eigenvalue weighted by atomic mass is 19.4. The molecule has 2 amide bonds. The number of imide groups is 1. The quantitative estimate of drug-likeness (QED) is 0.728. The largest absolute Gasteiger partial charge is 0.503 e. The van der Waals surface area contributed by atoms with Crippen molar-refractivity contribution in [2.24, 2.45) is 5.73 Å². The van der Waals surface area contributed by atoms with Crippen LogP contribution in [0.2, 0.25) is 0 Å². The molecule has 0 fully saturated rings. The molecule has 0 saturated carbocycles. The monoisotopic (exact) mass is 383 g/mol. The highest BCUT2D eigenvalue weighted by Gasteiger charge is 2.30. The molecule has 0 unspecified atom stereocenters. The van der Waals surface area contributed by atoms with Crippen molar-refractivity contribution < 1.29 is 32.6 Å². The predicted molar refractivity (Wildman–Crippen MR) is 87.8 cm³/mol. The van der Waals surface area contributed by atoms with Crippen molar-refractivity contribution in [1.82, 2.24) is 10.3 Å². The number of carbonyl (C=O) groups excluding carboxylic acids is 2. The number of hydrogen-bond acceptors (Lipinski definition) is 6. The van der Waals surface area contributed by atoms with Gasteiger partial charge in [-0.25, -0.2) is 4.98 Å². The second-order valence-corrected chi connectivity index (χ2v) is 5.60. The second kappa shape index (κ2) is 8.04. The Morgan fingerprint density at radius 1 is 1.33 bits per heavy atom. The number of ether oxygens (including phenoxy) is 1. The van der Waals surface area contributed by atoms with Gasteiger partial charge in [-0.05, 0) is 24.6 Å². The molecule has 1 aromatic heterocycles. The molecule has 0 aliphatic rings. The molecule has 10 heteroatoms. The number of aromatic nitrogens is 1. The predicted octanol–water partition coefficient (Wildman–Crippen LogP) is 1.99. The number of aromatic hydroxyl groups is 1. The zero-order chi connectivity index (χ0) is 20.2. The summed E-state index contributed by atoms with van der Waals surface area (Å²) in [5, 5.41) is 12.1. The molecule has 0 spiro atoms. The normalized spacial score (nSPS) is 12.3. The SMILES string of the molecule is C[C@H](N)C(=O)NC(=O)c1nccc(OCc2cccc(C(F)(F)F)c2)c1O. The molecule has 27 heavy (non-hydrogen) atoms. The van der Waals surface area contributed by atoms with Gasteiger partial charge in [0.1, 0.15) is 6.61 Å². The summed E-state index contributed by atoms with van der Waals surface area (Å²) in [5.74, 6) is -2.59. The Labute approximate surface area is 152 Å². The maximum atomic E-state index is 12.7. The van der Waals surface area contributed by atoms with E-state index in [0.29, 0.717) is 0 Å². The van der Waals surface area contributed by atoms with Crippen LogP contribution in [0.5, 0.6) is 11.5 Å². The van der Waals surface area contributed by atoms with E-state index in [-0.39, 0.29) is 17.9 Å². The number of carbonyl (C=O) groups is 2. The highest BCUT2D eigenvalue weighted by molar-refractivity contribution is 6.06. The lowest BCUT2D eigenvalue weighted by atomic mass is 10.1. The topological polar surface area (TPSA) is 115 Å². The van der Waals surface area contributed by atoms with Crippen LogP contribution in [0.3, 0.4) is 0 Å². The van der Waals surface area contributed by atoms with Gasteiger partial charge in [0.25, 0.3) is 5.91 Å². The Morgan fingerprint density at radius 2 is 2.04 bits per heavy atom. The van der Waals surface area contributed by atoms with Gasteiger partial charge in [0.2, 0.25) is 5.91 Å². The van der Waals surface area contributed by atoms with Gasteiger partial charge >= 0.3 is 6.18 Å². The molecule has 7 nitrogen and oxygen atoms in total. The van der Waals surface area contributed by atoms with Crippen molar-refractivity contribution >= 4 is 11.8 Å². The van der Waals surface area contributed by atoms with Crippen molar-refractivity contribution in [3.05, 3.63) is 53.3 Å². The number of nitrogens with one attached hydrogen (secondary N) is 1. The number of halogens is 3. The van der Waals surface area contributed by atoms with Gasteiger partial charge in [-0.2, -0.15) is 13.2 Å². The van der Waals surface area contributed by atoms with E-state index in [2.05, 4.69) is 4.98 Å². The highest BCUT2D eigenvalue weighted by Crippen LogP contribution is 2.31. The summed E-state index contributed by atoms with van der Waals surface area (Å²) in [5.41, 5.74) is 4.22. The summed E-state index contributed by atoms with van der Waals surface area (Å²) in [4.78, 5) is 27.1. The number of benzene rings is 1. The number of rotatable bonds is 5. The van der Waals surface area contributed by atoms with Crippen LogP contribution in [0.15, 0.2) is 36.5 Å². The molecule has 1 heterocycles. The van der Waals surface area contributed by atoms with Gasteiger partial charge in [-0.15, -0.1) is 0 Å². The fourth-order valence-corrected chi connectivity index (χ4v) is 2.00. The van der Waals surface area contributed by atoms with Crippen LogP contribution in [-0.2, 0) is 17.6 Å². The first kappa shape index (κ1) is 20.2. The lowest BCUT2D eigenvalue weighted by Crippen LogP contribution is -2.41. The fourth-order valence-electron chi connectivity index (χ4n) is 2.00. The van der Waals surface area contributed by atoms with Crippen LogP contribution in [0.1, 0.15) is 28.5 Å². The van der Waals surface area contributed by atoms with Crippen LogP contribution >= 0.6 is 0 Å². The summed E-state index contributed by atoms with van der Waals surface area (Å²) < 4.78 is 43.5. The van der Waals surface area contributed by atoms with Crippen LogP contribution < -0.4 is 15.8 Å². The number of nitrogens with zero attached hydrogens (tertiary/aromatic N) is 1. The first-order chi connectivity index (χ1) is 12.6. The first-order valence-corrected chi connectivity index (χ1v) is 7.67. The van der Waals surface area contributed by atoms with E-state index >= 15 is 0 Å². The average molecular weight is 383 g/mol. The van der Waals surface area contributed by atoms with Gasteiger partial charge in [-0.1, -0.05) is 12.1 Å². The summed E-state index contributed by atoms with van der Waals surface area (Å²) >= 11 is 0. The molecule has 1 atom stereocenters. The van der Waals surface area contributed by atoms with Crippen molar-refractivity contribution in [2.45, 2.75) is 25.7 Å². The summed E-state index contributed by atoms with van der Waals surface area (Å²) in [7, 11) is 0. The smallest absolute Gasteiger partial charge is 0.416 e. The Morgan fingerprint density at radius 3 is 2.67 bits per heavy atom. The van der Waals surface area contributed by atoms with E-state index in [1.165, 1.54) is 25.1 Å². The molecule has 0 aliphatic heterocycles. The van der Waals surface area contributed by atoms with Crippen molar-refractivity contribution in [3.63, 3.8) is 0 Å². The number of alkyl halides is 3. The molecule has 2 rings (SSSR count). The zero-order valence-corrected chi connectivity index (χ0v) is 14.1. The fraction of sp³-hybridized carbons (Fsp3) is 0.235. The number of nitrogens with two attached hydrogens (primary N) is 1. The number of amides is 2.